The van der Waals surface area contributed by atoms with E-state index in [1.54, 1.807) is 38.2 Å². The fourth-order valence-corrected chi connectivity index (χ4v) is 5.32. The van der Waals surface area contributed by atoms with Crippen LogP contribution in [0.5, 0.6) is 0 Å². The Bertz CT molecular complexity index is 1220. The molecule has 0 spiro atoms. The summed E-state index contributed by atoms with van der Waals surface area (Å²) in [6, 6.07) is 8.34. The minimum atomic E-state index is -3.70. The van der Waals surface area contributed by atoms with Crippen LogP contribution in [0, 0.1) is 13.8 Å². The number of amides is 1. The van der Waals surface area contributed by atoms with Crippen molar-refractivity contribution >= 4 is 32.7 Å². The Kier molecular flexibility index (Phi) is 5.78. The maximum atomic E-state index is 13.3. The molecule has 1 fully saturated rings. The first-order valence-corrected chi connectivity index (χ1v) is 11.5. The summed E-state index contributed by atoms with van der Waals surface area (Å²) in [6.45, 7) is 6.97. The summed E-state index contributed by atoms with van der Waals surface area (Å²) in [4.78, 5) is 19.0. The zero-order chi connectivity index (χ0) is 22.2. The van der Waals surface area contributed by atoms with E-state index in [1.807, 2.05) is 24.0 Å². The van der Waals surface area contributed by atoms with Crippen LogP contribution in [0.1, 0.15) is 18.2 Å². The van der Waals surface area contributed by atoms with Gasteiger partial charge in [-0.3, -0.25) is 20.0 Å². The lowest BCUT2D eigenvalue weighted by molar-refractivity contribution is -0.121. The Morgan fingerprint density at radius 2 is 1.90 bits per heavy atom. The van der Waals surface area contributed by atoms with E-state index in [4.69, 9.17) is 4.52 Å². The molecule has 0 aliphatic carbocycles. The van der Waals surface area contributed by atoms with Crippen LogP contribution in [0.15, 0.2) is 45.9 Å². The number of benzene rings is 1. The fourth-order valence-electron chi connectivity index (χ4n) is 3.74. The largest absolute Gasteiger partial charge is 0.338 e. The van der Waals surface area contributed by atoms with Gasteiger partial charge in [-0.15, -0.1) is 0 Å². The Morgan fingerprint density at radius 1 is 1.16 bits per heavy atom. The molecular weight excluding hydrogens is 418 g/mol. The SMILES string of the molecule is Cc1cnc2c(S(=O)(=O)N3CCN([C@H](C)C(=O)Nc4cc(C)no4)CC3)cccc2c1. The van der Waals surface area contributed by atoms with E-state index in [2.05, 4.69) is 15.5 Å². The van der Waals surface area contributed by atoms with Crippen molar-refractivity contribution in [1.29, 1.82) is 0 Å². The van der Waals surface area contributed by atoms with Gasteiger partial charge in [-0.25, -0.2) is 8.42 Å². The lowest BCUT2D eigenvalue weighted by Crippen LogP contribution is -2.53. The molecular formula is C21H25N5O4S. The van der Waals surface area contributed by atoms with E-state index in [-0.39, 0.29) is 10.8 Å². The number of fused-ring (bicyclic) bond motifs is 1. The number of rotatable bonds is 5. The van der Waals surface area contributed by atoms with Crippen molar-refractivity contribution in [3.05, 3.63) is 47.8 Å². The number of carbonyl (C=O) groups excluding carboxylic acids is 1. The molecule has 10 heteroatoms. The number of sulfonamides is 1. The quantitative estimate of drug-likeness (QED) is 0.644. The van der Waals surface area contributed by atoms with Crippen LogP contribution < -0.4 is 5.32 Å². The number of carbonyl (C=O) groups is 1. The summed E-state index contributed by atoms with van der Waals surface area (Å²) in [5, 5.41) is 7.25. The Hall–Kier alpha value is -2.82. The molecule has 3 heterocycles. The highest BCUT2D eigenvalue weighted by molar-refractivity contribution is 7.89. The van der Waals surface area contributed by atoms with Gasteiger partial charge < -0.3 is 4.52 Å². The first-order chi connectivity index (χ1) is 14.8. The molecule has 0 radical (unpaired) electrons. The molecule has 31 heavy (non-hydrogen) atoms. The number of aryl methyl sites for hydroxylation is 2. The van der Waals surface area contributed by atoms with Crippen molar-refractivity contribution in [3.63, 3.8) is 0 Å². The van der Waals surface area contributed by atoms with Crippen molar-refractivity contribution < 1.29 is 17.7 Å². The van der Waals surface area contributed by atoms with Gasteiger partial charge >= 0.3 is 0 Å². The molecule has 2 aromatic heterocycles. The van der Waals surface area contributed by atoms with Crippen LogP contribution in [0.3, 0.4) is 0 Å². The first kappa shape index (κ1) is 21.4. The molecule has 1 aliphatic rings. The van der Waals surface area contributed by atoms with Gasteiger partial charge in [0.2, 0.25) is 21.8 Å². The van der Waals surface area contributed by atoms with E-state index >= 15 is 0 Å². The van der Waals surface area contributed by atoms with Crippen molar-refractivity contribution in [3.8, 4) is 0 Å². The maximum absolute atomic E-state index is 13.3. The third-order valence-electron chi connectivity index (χ3n) is 5.50. The second kappa shape index (κ2) is 8.37. The van der Waals surface area contributed by atoms with Gasteiger partial charge in [0.1, 0.15) is 4.90 Å². The minimum Gasteiger partial charge on any atom is -0.338 e. The van der Waals surface area contributed by atoms with Gasteiger partial charge in [-0.2, -0.15) is 4.31 Å². The second-order valence-electron chi connectivity index (χ2n) is 7.78. The number of hydrogen-bond acceptors (Lipinski definition) is 7. The number of nitrogens with one attached hydrogen (secondary N) is 1. The molecule has 1 aliphatic heterocycles. The standard InChI is InChI=1S/C21H25N5O4S/c1-14-11-17-5-4-6-18(20(17)22-13-14)31(28,29)26-9-7-25(8-10-26)16(3)21(27)23-19-12-15(2)24-30-19/h4-6,11-13,16H,7-10H2,1-3H3,(H,23,27)/t16-/m1/s1. The molecule has 0 saturated carbocycles. The lowest BCUT2D eigenvalue weighted by Gasteiger charge is -2.36. The third-order valence-corrected chi connectivity index (χ3v) is 7.43. The number of nitrogens with zero attached hydrogens (tertiary/aromatic N) is 4. The van der Waals surface area contributed by atoms with Crippen LogP contribution in [0.25, 0.3) is 10.9 Å². The molecule has 0 unspecified atom stereocenters. The summed E-state index contributed by atoms with van der Waals surface area (Å²) >= 11 is 0. The Labute approximate surface area is 181 Å². The average Bonchev–Trinajstić information content (AvgIpc) is 3.17. The molecule has 164 valence electrons. The number of hydrogen-bond donors (Lipinski definition) is 1. The first-order valence-electron chi connectivity index (χ1n) is 10.1. The van der Waals surface area contributed by atoms with E-state index in [0.717, 1.165) is 10.9 Å². The average molecular weight is 444 g/mol. The molecule has 4 rings (SSSR count). The van der Waals surface area contributed by atoms with Gasteiger partial charge in [-0.05, 0) is 38.5 Å². The molecule has 1 N–H and O–H groups in total. The molecule has 3 aromatic rings. The molecule has 1 atom stereocenters. The van der Waals surface area contributed by atoms with Crippen molar-refractivity contribution in [2.75, 3.05) is 31.5 Å². The summed E-state index contributed by atoms with van der Waals surface area (Å²) in [5.41, 5.74) is 2.13. The number of para-hydroxylation sites is 1. The van der Waals surface area contributed by atoms with Gasteiger partial charge in [-0.1, -0.05) is 17.3 Å². The predicted molar refractivity (Wildman–Crippen MR) is 116 cm³/mol. The minimum absolute atomic E-state index is 0.213. The fraction of sp³-hybridized carbons (Fsp3) is 0.381. The van der Waals surface area contributed by atoms with E-state index in [0.29, 0.717) is 43.3 Å². The van der Waals surface area contributed by atoms with Crippen LogP contribution in [0.2, 0.25) is 0 Å². The zero-order valence-electron chi connectivity index (χ0n) is 17.7. The molecule has 1 amide bonds. The molecule has 0 bridgehead atoms. The normalized spacial score (nSPS) is 17.0. The summed E-state index contributed by atoms with van der Waals surface area (Å²) in [6.07, 6.45) is 1.68. The zero-order valence-corrected chi connectivity index (χ0v) is 18.5. The molecule has 9 nitrogen and oxygen atoms in total. The van der Waals surface area contributed by atoms with E-state index in [1.165, 1.54) is 4.31 Å². The van der Waals surface area contributed by atoms with E-state index < -0.39 is 16.1 Å². The highest BCUT2D eigenvalue weighted by Gasteiger charge is 2.33. The third kappa shape index (κ3) is 4.32. The summed E-state index contributed by atoms with van der Waals surface area (Å²) < 4.78 is 33.1. The van der Waals surface area contributed by atoms with Gasteiger partial charge in [0.05, 0.1) is 17.3 Å². The molecule has 1 saturated heterocycles. The number of anilines is 1. The summed E-state index contributed by atoms with van der Waals surface area (Å²) in [7, 11) is -3.70. The van der Waals surface area contributed by atoms with Crippen LogP contribution in [-0.4, -0.2) is 65.9 Å². The van der Waals surface area contributed by atoms with E-state index in [9.17, 15) is 13.2 Å². The Morgan fingerprint density at radius 3 is 2.58 bits per heavy atom. The van der Waals surface area contributed by atoms with Crippen molar-refractivity contribution in [1.82, 2.24) is 19.3 Å². The van der Waals surface area contributed by atoms with Gasteiger partial charge in [0.15, 0.2) is 0 Å². The summed E-state index contributed by atoms with van der Waals surface area (Å²) in [5.74, 6) is 0.0790. The lowest BCUT2D eigenvalue weighted by atomic mass is 10.2. The number of aromatic nitrogens is 2. The second-order valence-corrected chi connectivity index (χ2v) is 9.68. The highest BCUT2D eigenvalue weighted by Crippen LogP contribution is 2.26. The smallest absolute Gasteiger partial charge is 0.245 e. The highest BCUT2D eigenvalue weighted by atomic mass is 32.2. The topological polar surface area (TPSA) is 109 Å². The number of piperazine rings is 1. The molecule has 1 aromatic carbocycles. The monoisotopic (exact) mass is 443 g/mol. The van der Waals surface area contributed by atoms with Gasteiger partial charge in [0.25, 0.3) is 0 Å². The Balaban J connectivity index is 1.45. The maximum Gasteiger partial charge on any atom is 0.245 e. The van der Waals surface area contributed by atoms with Gasteiger partial charge in [0, 0.05) is 43.8 Å². The van der Waals surface area contributed by atoms with Crippen LogP contribution in [0.4, 0.5) is 5.88 Å². The number of pyridine rings is 1. The predicted octanol–water partition coefficient (Wildman–Crippen LogP) is 2.17. The van der Waals surface area contributed by atoms with Crippen molar-refractivity contribution in [2.45, 2.75) is 31.7 Å². The van der Waals surface area contributed by atoms with Crippen molar-refractivity contribution in [2.24, 2.45) is 0 Å². The van der Waals surface area contributed by atoms with Crippen LogP contribution >= 0.6 is 0 Å². The van der Waals surface area contributed by atoms with Crippen LogP contribution in [-0.2, 0) is 14.8 Å².